The molecule has 2 bridgehead atoms. The minimum absolute atomic E-state index is 0.0955. The second-order valence-electron chi connectivity index (χ2n) is 7.04. The zero-order valence-electron chi connectivity index (χ0n) is 16.1. The predicted molar refractivity (Wildman–Crippen MR) is 120 cm³/mol. The number of amides is 1. The van der Waals surface area contributed by atoms with E-state index in [1.165, 1.54) is 30.3 Å². The Kier molecular flexibility index (Phi) is 5.04. The van der Waals surface area contributed by atoms with Crippen LogP contribution in [0.5, 0.6) is 0 Å². The van der Waals surface area contributed by atoms with Crippen LogP contribution in [0.25, 0.3) is 33.4 Å². The molecule has 3 aromatic heterocycles. The summed E-state index contributed by atoms with van der Waals surface area (Å²) >= 11 is 12.0. The van der Waals surface area contributed by atoms with E-state index in [1.807, 2.05) is 0 Å². The van der Waals surface area contributed by atoms with E-state index in [1.54, 1.807) is 30.3 Å². The normalized spacial score (nSPS) is 11.2. The molecule has 5 aromatic rings. The van der Waals surface area contributed by atoms with Crippen LogP contribution in [-0.2, 0) is 0 Å². The molecule has 0 aliphatic carbocycles. The number of nitrogens with one attached hydrogen (secondary N) is 1. The second kappa shape index (κ2) is 7.89. The third kappa shape index (κ3) is 3.57. The van der Waals surface area contributed by atoms with E-state index in [9.17, 15) is 13.6 Å². The highest BCUT2D eigenvalue weighted by atomic mass is 35.5. The van der Waals surface area contributed by atoms with Crippen LogP contribution in [0.3, 0.4) is 0 Å². The number of fused-ring (bicyclic) bond motifs is 2. The van der Waals surface area contributed by atoms with Gasteiger partial charge >= 0.3 is 0 Å². The van der Waals surface area contributed by atoms with Crippen molar-refractivity contribution < 1.29 is 18.0 Å². The number of furan rings is 2. The minimum Gasteiger partial charge on any atom is -0.456 e. The molecule has 5 rings (SSSR count). The Hall–Kier alpha value is -3.48. The van der Waals surface area contributed by atoms with Crippen LogP contribution in [0.2, 0.25) is 10.3 Å². The summed E-state index contributed by atoms with van der Waals surface area (Å²) in [6.45, 7) is 0. The Morgan fingerprint density at radius 2 is 1.53 bits per heavy atom. The van der Waals surface area contributed by atoms with Gasteiger partial charge in [0.2, 0.25) is 0 Å². The summed E-state index contributed by atoms with van der Waals surface area (Å²) in [7, 11) is 0. The first-order valence-corrected chi connectivity index (χ1v) is 10.2. The summed E-state index contributed by atoms with van der Waals surface area (Å²) in [5.74, 6) is -1.70. The van der Waals surface area contributed by atoms with E-state index in [-0.39, 0.29) is 32.7 Å². The lowest BCUT2D eigenvalue weighted by molar-refractivity contribution is 0.102. The number of carbonyl (C=O) groups is 1. The van der Waals surface area contributed by atoms with Gasteiger partial charge in [0, 0.05) is 22.4 Å². The van der Waals surface area contributed by atoms with Crippen molar-refractivity contribution in [3.63, 3.8) is 0 Å². The van der Waals surface area contributed by atoms with Gasteiger partial charge in [-0.15, -0.1) is 0 Å². The first-order chi connectivity index (χ1) is 15.4. The van der Waals surface area contributed by atoms with Crippen molar-refractivity contribution >= 4 is 46.0 Å². The third-order valence-electron chi connectivity index (χ3n) is 5.02. The van der Waals surface area contributed by atoms with Crippen LogP contribution in [0, 0.1) is 11.6 Å². The lowest BCUT2D eigenvalue weighted by atomic mass is 10.00. The molecule has 0 fully saturated rings. The minimum atomic E-state index is -0.666. The number of carbonyl (C=O) groups excluding carboxylic acids is 1. The van der Waals surface area contributed by atoms with Gasteiger partial charge < -0.3 is 9.73 Å². The quantitative estimate of drug-likeness (QED) is 0.279. The van der Waals surface area contributed by atoms with Crippen molar-refractivity contribution in [3.05, 3.63) is 94.2 Å². The smallest absolute Gasteiger partial charge is 0.260 e. The number of anilines is 1. The van der Waals surface area contributed by atoms with E-state index >= 15 is 0 Å². The van der Waals surface area contributed by atoms with Gasteiger partial charge in [-0.3, -0.25) is 4.79 Å². The zero-order chi connectivity index (χ0) is 22.4. The molecule has 0 saturated carbocycles. The van der Waals surface area contributed by atoms with Crippen molar-refractivity contribution in [2.24, 2.45) is 0 Å². The molecule has 32 heavy (non-hydrogen) atoms. The van der Waals surface area contributed by atoms with Crippen LogP contribution in [-0.4, -0.2) is 10.9 Å². The van der Waals surface area contributed by atoms with Crippen LogP contribution in [0.1, 0.15) is 10.4 Å². The van der Waals surface area contributed by atoms with Gasteiger partial charge in [-0.05, 0) is 54.1 Å². The summed E-state index contributed by atoms with van der Waals surface area (Å²) < 4.78 is 34.4. The summed E-state index contributed by atoms with van der Waals surface area (Å²) in [5.41, 5.74) is 2.62. The molecule has 0 radical (unpaired) electrons. The van der Waals surface area contributed by atoms with Gasteiger partial charge in [0.1, 0.15) is 33.1 Å². The van der Waals surface area contributed by atoms with Gasteiger partial charge in [-0.25, -0.2) is 13.8 Å². The number of pyridine rings is 1. The Labute approximate surface area is 190 Å². The van der Waals surface area contributed by atoms with E-state index in [2.05, 4.69) is 10.3 Å². The maximum atomic E-state index is 14.7. The fourth-order valence-electron chi connectivity index (χ4n) is 3.66. The Balaban J connectivity index is 1.49. The predicted octanol–water partition coefficient (Wildman–Crippen LogP) is 7.44. The lowest BCUT2D eigenvalue weighted by Gasteiger charge is -2.10. The summed E-state index contributed by atoms with van der Waals surface area (Å²) in [5, 5.41) is 3.01. The molecule has 3 heterocycles. The molecule has 0 atom stereocenters. The van der Waals surface area contributed by atoms with E-state index in [0.717, 1.165) is 6.07 Å². The maximum absolute atomic E-state index is 14.7. The highest BCUT2D eigenvalue weighted by molar-refractivity contribution is 6.33. The number of rotatable bonds is 4. The lowest BCUT2D eigenvalue weighted by Crippen LogP contribution is -2.13. The number of aromatic nitrogens is 1. The summed E-state index contributed by atoms with van der Waals surface area (Å²) in [4.78, 5) is 17.0. The Morgan fingerprint density at radius 1 is 0.844 bits per heavy atom. The van der Waals surface area contributed by atoms with Crippen molar-refractivity contribution in [3.8, 4) is 22.3 Å². The highest BCUT2D eigenvalue weighted by Gasteiger charge is 2.25. The molecule has 0 aliphatic heterocycles. The highest BCUT2D eigenvalue weighted by Crippen LogP contribution is 2.39. The van der Waals surface area contributed by atoms with Gasteiger partial charge in [0.15, 0.2) is 0 Å². The number of hydrogen-bond donors (Lipinski definition) is 1. The van der Waals surface area contributed by atoms with Gasteiger partial charge in [0.05, 0.1) is 5.56 Å². The number of nitrogens with zero attached hydrogens (tertiary/aromatic N) is 1. The van der Waals surface area contributed by atoms with Crippen LogP contribution >= 0.6 is 23.2 Å². The van der Waals surface area contributed by atoms with Gasteiger partial charge in [-0.2, -0.15) is 0 Å². The molecule has 0 aliphatic rings. The van der Waals surface area contributed by atoms with Crippen LogP contribution in [0.15, 0.2) is 71.1 Å². The Morgan fingerprint density at radius 3 is 2.25 bits per heavy atom. The SMILES string of the molecule is O=C(Nc1ccc(-c2ccccc2F)c(F)c1)c1c(-c2cc(Cl)nc(Cl)c2)c2ccc1o2. The van der Waals surface area contributed by atoms with Gasteiger partial charge in [-0.1, -0.05) is 41.4 Å². The van der Waals surface area contributed by atoms with E-state index in [0.29, 0.717) is 22.3 Å². The molecule has 0 saturated heterocycles. The standard InChI is InChI=1S/C24H12Cl2F2N2O2/c25-20-9-12(10-21(26)30-20)22-18-7-8-19(32-18)23(22)24(31)29-13-5-6-15(17(28)11-13)14-3-1-2-4-16(14)27/h1-11H,(H,29,31). The number of halogens is 4. The topological polar surface area (TPSA) is 55.1 Å². The summed E-state index contributed by atoms with van der Waals surface area (Å²) in [6.07, 6.45) is 0. The number of benzene rings is 3. The van der Waals surface area contributed by atoms with Crippen LogP contribution < -0.4 is 5.32 Å². The largest absolute Gasteiger partial charge is 0.456 e. The average molecular weight is 469 g/mol. The molecule has 4 nitrogen and oxygen atoms in total. The summed E-state index contributed by atoms with van der Waals surface area (Å²) in [6, 6.07) is 16.5. The second-order valence-corrected chi connectivity index (χ2v) is 7.82. The molecular formula is C24H12Cl2F2N2O2. The molecular weight excluding hydrogens is 457 g/mol. The maximum Gasteiger partial charge on any atom is 0.260 e. The monoisotopic (exact) mass is 468 g/mol. The van der Waals surface area contributed by atoms with Crippen LogP contribution in [0.4, 0.5) is 14.5 Å². The molecule has 1 N–H and O–H groups in total. The molecule has 158 valence electrons. The fraction of sp³-hybridized carbons (Fsp3) is 0. The Bertz CT molecular complexity index is 1460. The molecule has 0 unspecified atom stereocenters. The van der Waals surface area contributed by atoms with Crippen molar-refractivity contribution in [2.75, 3.05) is 5.32 Å². The molecule has 8 heteroatoms. The van der Waals surface area contributed by atoms with Crippen molar-refractivity contribution in [1.29, 1.82) is 0 Å². The fourth-order valence-corrected chi connectivity index (χ4v) is 4.12. The van der Waals surface area contributed by atoms with Crippen molar-refractivity contribution in [2.45, 2.75) is 0 Å². The average Bonchev–Trinajstić information content (AvgIpc) is 3.36. The van der Waals surface area contributed by atoms with Gasteiger partial charge in [0.25, 0.3) is 5.91 Å². The van der Waals surface area contributed by atoms with Crippen molar-refractivity contribution in [1.82, 2.24) is 4.98 Å². The molecule has 1 amide bonds. The first kappa shape index (κ1) is 20.4. The third-order valence-corrected chi connectivity index (χ3v) is 5.41. The first-order valence-electron chi connectivity index (χ1n) is 9.45. The molecule has 2 aromatic carbocycles. The van der Waals surface area contributed by atoms with E-state index < -0.39 is 17.5 Å². The van der Waals surface area contributed by atoms with E-state index in [4.69, 9.17) is 27.6 Å². The molecule has 0 spiro atoms. The zero-order valence-corrected chi connectivity index (χ0v) is 17.6. The number of hydrogen-bond acceptors (Lipinski definition) is 3.